The largest absolute Gasteiger partial charge is 0.534 e. The molecule has 2 aliphatic rings. The highest BCUT2D eigenvalue weighted by Crippen LogP contribution is 2.49. The van der Waals surface area contributed by atoms with Gasteiger partial charge in [-0.05, 0) is 68.2 Å². The molecule has 1 saturated heterocycles. The minimum atomic E-state index is -5.74. The number of halogens is 3. The van der Waals surface area contributed by atoms with Crippen molar-refractivity contribution in [2.45, 2.75) is 70.0 Å². The van der Waals surface area contributed by atoms with Crippen LogP contribution >= 0.6 is 0 Å². The first kappa shape index (κ1) is 22.7. The summed E-state index contributed by atoms with van der Waals surface area (Å²) < 4.78 is 70.6. The molecule has 1 aliphatic heterocycles. The van der Waals surface area contributed by atoms with E-state index in [0.29, 0.717) is 19.4 Å². The topological polar surface area (TPSA) is 72.9 Å². The average molecular weight is 449 g/mol. The number of carbonyl (C=O) groups excluding carboxylic acids is 1. The summed E-state index contributed by atoms with van der Waals surface area (Å²) in [4.78, 5) is 14.4. The molecule has 168 valence electrons. The van der Waals surface area contributed by atoms with E-state index in [-0.39, 0.29) is 23.8 Å². The van der Waals surface area contributed by atoms with Gasteiger partial charge in [-0.15, -0.1) is 0 Å². The molecule has 0 saturated carbocycles. The fourth-order valence-corrected chi connectivity index (χ4v) is 4.82. The Morgan fingerprint density at radius 2 is 1.87 bits per heavy atom. The molecule has 3 rings (SSSR count). The minimum Gasteiger partial charge on any atom is -0.444 e. The van der Waals surface area contributed by atoms with E-state index < -0.39 is 26.6 Å². The number of alkyl halides is 3. The van der Waals surface area contributed by atoms with Gasteiger partial charge in [0, 0.05) is 12.6 Å². The average Bonchev–Trinajstić information content (AvgIpc) is 2.55. The zero-order valence-corrected chi connectivity index (χ0v) is 18.4. The predicted octanol–water partition coefficient (Wildman–Crippen LogP) is 4.37. The van der Waals surface area contributed by atoms with Crippen LogP contribution in [0.3, 0.4) is 0 Å². The van der Waals surface area contributed by atoms with E-state index in [9.17, 15) is 26.4 Å². The van der Waals surface area contributed by atoms with Crippen molar-refractivity contribution in [2.75, 3.05) is 6.54 Å². The molecule has 0 unspecified atom stereocenters. The van der Waals surface area contributed by atoms with E-state index in [4.69, 9.17) is 4.74 Å². The van der Waals surface area contributed by atoms with Crippen molar-refractivity contribution in [2.24, 2.45) is 5.92 Å². The molecule has 1 aromatic carbocycles. The number of likely N-dealkylation sites (tertiary alicyclic amines) is 1. The van der Waals surface area contributed by atoms with Crippen molar-refractivity contribution in [1.29, 1.82) is 0 Å². The highest BCUT2D eigenvalue weighted by molar-refractivity contribution is 7.88. The molecule has 2 bridgehead atoms. The molecular formula is C20H26F3NO5S. The number of carbonyl (C=O) groups is 1. The zero-order valence-electron chi connectivity index (χ0n) is 17.5. The molecular weight excluding hydrogens is 423 g/mol. The number of ether oxygens (including phenoxy) is 1. The van der Waals surface area contributed by atoms with Gasteiger partial charge in [0.25, 0.3) is 0 Å². The van der Waals surface area contributed by atoms with Gasteiger partial charge in [0.15, 0.2) is 0 Å². The quantitative estimate of drug-likeness (QED) is 0.495. The first-order chi connectivity index (χ1) is 13.6. The maximum Gasteiger partial charge on any atom is 0.534 e. The van der Waals surface area contributed by atoms with Crippen LogP contribution in [0.15, 0.2) is 18.2 Å². The number of nitrogens with zero attached hydrogens (tertiary/aromatic N) is 1. The second-order valence-corrected chi connectivity index (χ2v) is 10.7. The van der Waals surface area contributed by atoms with Gasteiger partial charge in [0.1, 0.15) is 11.4 Å². The maximum atomic E-state index is 12.7. The molecule has 0 spiro atoms. The Kier molecular flexibility index (Phi) is 5.32. The summed E-state index contributed by atoms with van der Waals surface area (Å²) in [6.07, 6.45) is 0.672. The van der Waals surface area contributed by atoms with Gasteiger partial charge >= 0.3 is 21.7 Å². The van der Waals surface area contributed by atoms with Crippen molar-refractivity contribution in [3.8, 4) is 5.75 Å². The van der Waals surface area contributed by atoms with E-state index in [2.05, 4.69) is 4.18 Å². The van der Waals surface area contributed by atoms with Gasteiger partial charge < -0.3 is 13.8 Å². The van der Waals surface area contributed by atoms with Crippen LogP contribution in [-0.2, 0) is 26.7 Å². The van der Waals surface area contributed by atoms with E-state index in [0.717, 1.165) is 11.1 Å². The lowest BCUT2D eigenvalue weighted by atomic mass is 9.59. The summed E-state index contributed by atoms with van der Waals surface area (Å²) in [5.74, 6) is -0.381. The fraction of sp³-hybridized carbons (Fsp3) is 0.650. The molecule has 3 atom stereocenters. The maximum absolute atomic E-state index is 12.7. The third kappa shape index (κ3) is 3.98. The molecule has 0 N–H and O–H groups in total. The Hall–Kier alpha value is -1.97. The van der Waals surface area contributed by atoms with Crippen LogP contribution in [0, 0.1) is 5.92 Å². The lowest BCUT2D eigenvalue weighted by Crippen LogP contribution is -2.60. The van der Waals surface area contributed by atoms with Crippen LogP contribution < -0.4 is 4.18 Å². The number of amides is 1. The van der Waals surface area contributed by atoms with E-state index in [1.807, 2.05) is 13.8 Å². The standard InChI is InChI=1S/C20H26F3NO5S/c1-12-16-10-13-6-7-14(29-30(26,27)20(21,22)23)11-15(13)19(12,5)8-9-24(16)17(25)28-18(2,3)4/h6-7,11-12,16H,8-10H2,1-5H3/t12-,16+,19+/m0/s1. The number of piperidine rings is 1. The zero-order chi connectivity index (χ0) is 22.7. The molecule has 6 nitrogen and oxygen atoms in total. The number of hydrogen-bond donors (Lipinski definition) is 0. The molecule has 1 fully saturated rings. The second kappa shape index (κ2) is 7.03. The normalized spacial score (nSPS) is 26.7. The van der Waals surface area contributed by atoms with Gasteiger partial charge in [0.2, 0.25) is 0 Å². The number of hydrogen-bond acceptors (Lipinski definition) is 5. The van der Waals surface area contributed by atoms with Crippen molar-refractivity contribution in [3.05, 3.63) is 29.3 Å². The molecule has 1 aromatic rings. The summed E-state index contributed by atoms with van der Waals surface area (Å²) in [7, 11) is -5.74. The van der Waals surface area contributed by atoms with Crippen LogP contribution in [0.2, 0.25) is 0 Å². The predicted molar refractivity (Wildman–Crippen MR) is 104 cm³/mol. The van der Waals surface area contributed by atoms with Gasteiger partial charge in [-0.3, -0.25) is 0 Å². The van der Waals surface area contributed by atoms with Crippen molar-refractivity contribution in [1.82, 2.24) is 4.90 Å². The summed E-state index contributed by atoms with van der Waals surface area (Å²) in [6.45, 7) is 9.81. The Balaban J connectivity index is 1.93. The van der Waals surface area contributed by atoms with Crippen molar-refractivity contribution in [3.63, 3.8) is 0 Å². The third-order valence-electron chi connectivity index (χ3n) is 6.10. The van der Waals surface area contributed by atoms with Crippen LogP contribution in [0.5, 0.6) is 5.75 Å². The highest BCUT2D eigenvalue weighted by Gasteiger charge is 2.51. The number of benzene rings is 1. The van der Waals surface area contributed by atoms with Gasteiger partial charge in [0.05, 0.1) is 0 Å². The smallest absolute Gasteiger partial charge is 0.444 e. The second-order valence-electron chi connectivity index (χ2n) is 9.20. The van der Waals surface area contributed by atoms with Crippen molar-refractivity contribution < 1.29 is 35.3 Å². The summed E-state index contributed by atoms with van der Waals surface area (Å²) >= 11 is 0. The molecule has 30 heavy (non-hydrogen) atoms. The van der Waals surface area contributed by atoms with E-state index in [1.165, 1.54) is 12.1 Å². The third-order valence-corrected chi connectivity index (χ3v) is 7.08. The Morgan fingerprint density at radius 1 is 1.23 bits per heavy atom. The van der Waals surface area contributed by atoms with Crippen LogP contribution in [0.25, 0.3) is 0 Å². The Bertz CT molecular complexity index is 954. The molecule has 1 heterocycles. The monoisotopic (exact) mass is 449 g/mol. The van der Waals surface area contributed by atoms with Crippen molar-refractivity contribution >= 4 is 16.2 Å². The Labute approximate surface area is 174 Å². The van der Waals surface area contributed by atoms with E-state index >= 15 is 0 Å². The highest BCUT2D eigenvalue weighted by atomic mass is 32.2. The lowest BCUT2D eigenvalue weighted by Gasteiger charge is -2.54. The van der Waals surface area contributed by atoms with E-state index in [1.54, 1.807) is 31.7 Å². The number of fused-ring (bicyclic) bond motifs is 4. The first-order valence-corrected chi connectivity index (χ1v) is 11.1. The van der Waals surface area contributed by atoms with Gasteiger partial charge in [-0.25, -0.2) is 4.79 Å². The SMILES string of the molecule is C[C@H]1[C@H]2Cc3ccc(OS(=O)(=O)C(F)(F)F)cc3[C@]1(C)CCN2C(=O)OC(C)(C)C. The van der Waals surface area contributed by atoms with Crippen LogP contribution in [0.4, 0.5) is 18.0 Å². The van der Waals surface area contributed by atoms with Gasteiger partial charge in [-0.2, -0.15) is 21.6 Å². The minimum absolute atomic E-state index is 0.0132. The summed E-state index contributed by atoms with van der Waals surface area (Å²) in [6, 6.07) is 4.05. The Morgan fingerprint density at radius 3 is 2.43 bits per heavy atom. The number of rotatable bonds is 2. The molecule has 1 amide bonds. The molecule has 10 heteroatoms. The molecule has 0 aromatic heterocycles. The summed E-state index contributed by atoms with van der Waals surface area (Å²) in [5, 5.41) is 0. The van der Waals surface area contributed by atoms with Gasteiger partial charge in [-0.1, -0.05) is 19.9 Å². The lowest BCUT2D eigenvalue weighted by molar-refractivity contribution is -0.0500. The van der Waals surface area contributed by atoms with Crippen LogP contribution in [0.1, 0.15) is 52.2 Å². The molecule has 0 radical (unpaired) electrons. The summed E-state index contributed by atoms with van der Waals surface area (Å²) in [5.41, 5.74) is -4.96. The van der Waals surface area contributed by atoms with Crippen LogP contribution in [-0.4, -0.2) is 43.1 Å². The fourth-order valence-electron chi connectivity index (χ4n) is 4.37. The first-order valence-electron chi connectivity index (χ1n) is 9.69. The molecule has 1 aliphatic carbocycles.